The number of para-hydroxylation sites is 2. The van der Waals surface area contributed by atoms with Crippen molar-refractivity contribution in [3.8, 4) is 0 Å². The van der Waals surface area contributed by atoms with Crippen LogP contribution in [0.1, 0.15) is 11.1 Å². The van der Waals surface area contributed by atoms with E-state index < -0.39 is 0 Å². The number of hydrogen-bond donors (Lipinski definition) is 2. The molecule has 3 heteroatoms. The molecule has 0 unspecified atom stereocenters. The first kappa shape index (κ1) is 17.8. The summed E-state index contributed by atoms with van der Waals surface area (Å²) in [6.07, 6.45) is 0.334. The van der Waals surface area contributed by atoms with Crippen LogP contribution in [0.4, 0.5) is 17.1 Å². The molecule has 1 amide bonds. The van der Waals surface area contributed by atoms with Crippen molar-refractivity contribution >= 4 is 33.7 Å². The number of rotatable bonds is 5. The molecule has 0 aliphatic heterocycles. The third-order valence-corrected chi connectivity index (χ3v) is 4.76. The number of aryl methyl sites for hydroxylation is 1. The second kappa shape index (κ2) is 7.97. The van der Waals surface area contributed by atoms with Gasteiger partial charge in [-0.25, -0.2) is 0 Å². The van der Waals surface area contributed by atoms with Crippen LogP contribution < -0.4 is 10.6 Å². The van der Waals surface area contributed by atoms with Gasteiger partial charge < -0.3 is 10.6 Å². The van der Waals surface area contributed by atoms with Gasteiger partial charge in [0.2, 0.25) is 5.91 Å². The van der Waals surface area contributed by atoms with Crippen LogP contribution >= 0.6 is 0 Å². The summed E-state index contributed by atoms with van der Waals surface area (Å²) in [5.74, 6) is -0.0329. The number of amides is 1. The zero-order valence-corrected chi connectivity index (χ0v) is 15.8. The maximum absolute atomic E-state index is 12.7. The highest BCUT2D eigenvalue weighted by molar-refractivity contribution is 5.98. The number of fused-ring (bicyclic) bond motifs is 1. The van der Waals surface area contributed by atoms with Crippen LogP contribution in [0.25, 0.3) is 10.8 Å². The zero-order chi connectivity index (χ0) is 19.3. The molecule has 0 aromatic heterocycles. The molecule has 2 N–H and O–H groups in total. The van der Waals surface area contributed by atoms with Crippen LogP contribution in [-0.4, -0.2) is 5.91 Å². The number of nitrogens with one attached hydrogen (secondary N) is 2. The molecule has 0 bridgehead atoms. The molecule has 0 heterocycles. The Kier molecular flexibility index (Phi) is 5.07. The molecular weight excluding hydrogens is 344 g/mol. The van der Waals surface area contributed by atoms with E-state index in [9.17, 15) is 4.79 Å². The smallest absolute Gasteiger partial charge is 0.228 e. The third-order valence-electron chi connectivity index (χ3n) is 4.76. The van der Waals surface area contributed by atoms with Crippen LogP contribution in [0.2, 0.25) is 0 Å². The SMILES string of the molecule is Cc1ccc(Nc2ccccc2NC(=O)Cc2cccc3ccccc23)cc1. The zero-order valence-electron chi connectivity index (χ0n) is 15.8. The number of benzene rings is 4. The van der Waals surface area contributed by atoms with Crippen molar-refractivity contribution in [1.82, 2.24) is 0 Å². The lowest BCUT2D eigenvalue weighted by atomic mass is 10.0. The highest BCUT2D eigenvalue weighted by atomic mass is 16.1. The van der Waals surface area contributed by atoms with Gasteiger partial charge in [-0.3, -0.25) is 4.79 Å². The van der Waals surface area contributed by atoms with Crippen molar-refractivity contribution in [2.24, 2.45) is 0 Å². The van der Waals surface area contributed by atoms with E-state index >= 15 is 0 Å². The molecule has 0 saturated heterocycles. The lowest BCUT2D eigenvalue weighted by molar-refractivity contribution is -0.115. The van der Waals surface area contributed by atoms with E-state index in [1.165, 1.54) is 5.56 Å². The molecule has 0 radical (unpaired) electrons. The molecule has 4 aromatic rings. The largest absolute Gasteiger partial charge is 0.354 e. The van der Waals surface area contributed by atoms with Gasteiger partial charge in [0.1, 0.15) is 0 Å². The van der Waals surface area contributed by atoms with Crippen LogP contribution in [0, 0.1) is 6.92 Å². The molecule has 0 aliphatic rings. The first-order valence-electron chi connectivity index (χ1n) is 9.38. The number of carbonyl (C=O) groups is 1. The van der Waals surface area contributed by atoms with Gasteiger partial charge in [-0.2, -0.15) is 0 Å². The van der Waals surface area contributed by atoms with Crippen molar-refractivity contribution in [3.63, 3.8) is 0 Å². The quantitative estimate of drug-likeness (QED) is 0.450. The average molecular weight is 366 g/mol. The molecule has 4 rings (SSSR count). The maximum Gasteiger partial charge on any atom is 0.228 e. The summed E-state index contributed by atoms with van der Waals surface area (Å²) in [4.78, 5) is 12.7. The minimum Gasteiger partial charge on any atom is -0.354 e. The van der Waals surface area contributed by atoms with E-state index in [0.29, 0.717) is 6.42 Å². The highest BCUT2D eigenvalue weighted by Gasteiger charge is 2.10. The molecule has 28 heavy (non-hydrogen) atoms. The van der Waals surface area contributed by atoms with E-state index in [2.05, 4.69) is 47.9 Å². The summed E-state index contributed by atoms with van der Waals surface area (Å²) in [6, 6.07) is 30.2. The predicted molar refractivity (Wildman–Crippen MR) is 117 cm³/mol. The maximum atomic E-state index is 12.7. The first-order valence-corrected chi connectivity index (χ1v) is 9.38. The van der Waals surface area contributed by atoms with E-state index in [4.69, 9.17) is 0 Å². The molecule has 0 saturated carbocycles. The summed E-state index contributed by atoms with van der Waals surface area (Å²) in [5.41, 5.74) is 4.87. The van der Waals surface area contributed by atoms with Gasteiger partial charge in [-0.05, 0) is 47.5 Å². The Bertz CT molecular complexity index is 1110. The van der Waals surface area contributed by atoms with Crippen LogP contribution in [0.5, 0.6) is 0 Å². The Morgan fingerprint density at radius 1 is 0.750 bits per heavy atom. The fourth-order valence-corrected chi connectivity index (χ4v) is 3.31. The van der Waals surface area contributed by atoms with E-state index in [1.54, 1.807) is 0 Å². The van der Waals surface area contributed by atoms with Gasteiger partial charge in [0.25, 0.3) is 0 Å². The molecule has 0 aliphatic carbocycles. The Hall–Kier alpha value is -3.59. The normalized spacial score (nSPS) is 10.6. The topological polar surface area (TPSA) is 41.1 Å². The lowest BCUT2D eigenvalue weighted by Crippen LogP contribution is -2.15. The van der Waals surface area contributed by atoms with Crippen molar-refractivity contribution in [2.45, 2.75) is 13.3 Å². The summed E-state index contributed by atoms with van der Waals surface area (Å²) in [7, 11) is 0. The van der Waals surface area contributed by atoms with Gasteiger partial charge in [-0.15, -0.1) is 0 Å². The number of carbonyl (C=O) groups excluding carboxylic acids is 1. The number of anilines is 3. The fourth-order valence-electron chi connectivity index (χ4n) is 3.31. The van der Waals surface area contributed by atoms with Crippen molar-refractivity contribution < 1.29 is 4.79 Å². The van der Waals surface area contributed by atoms with Gasteiger partial charge in [0.15, 0.2) is 0 Å². The van der Waals surface area contributed by atoms with Crippen LogP contribution in [0.3, 0.4) is 0 Å². The fraction of sp³-hybridized carbons (Fsp3) is 0.0800. The Balaban J connectivity index is 1.52. The Labute approximate surface area is 165 Å². The Morgan fingerprint density at radius 2 is 1.43 bits per heavy atom. The third kappa shape index (κ3) is 4.04. The standard InChI is InChI=1S/C25H22N2O/c1-18-13-15-21(16-14-18)26-23-11-4-5-12-24(23)27-25(28)17-20-9-6-8-19-7-2-3-10-22(19)20/h2-16,26H,17H2,1H3,(H,27,28). The summed E-state index contributed by atoms with van der Waals surface area (Å²) >= 11 is 0. The predicted octanol–water partition coefficient (Wildman–Crippen LogP) is 6.07. The molecular formula is C25H22N2O. The summed E-state index contributed by atoms with van der Waals surface area (Å²) in [6.45, 7) is 2.06. The van der Waals surface area contributed by atoms with Gasteiger partial charge in [0, 0.05) is 5.69 Å². The minimum atomic E-state index is -0.0329. The summed E-state index contributed by atoms with van der Waals surface area (Å²) < 4.78 is 0. The van der Waals surface area contributed by atoms with Crippen LogP contribution in [-0.2, 0) is 11.2 Å². The second-order valence-electron chi connectivity index (χ2n) is 6.90. The average Bonchev–Trinajstić information content (AvgIpc) is 2.71. The van der Waals surface area contributed by atoms with Gasteiger partial charge in [0.05, 0.1) is 17.8 Å². The van der Waals surface area contributed by atoms with Crippen molar-refractivity contribution in [3.05, 3.63) is 102 Å². The molecule has 4 aromatic carbocycles. The minimum absolute atomic E-state index is 0.0329. The van der Waals surface area contributed by atoms with Crippen molar-refractivity contribution in [2.75, 3.05) is 10.6 Å². The molecule has 3 nitrogen and oxygen atoms in total. The van der Waals surface area contributed by atoms with Gasteiger partial charge in [-0.1, -0.05) is 72.3 Å². The first-order chi connectivity index (χ1) is 13.7. The van der Waals surface area contributed by atoms with E-state index in [0.717, 1.165) is 33.4 Å². The molecule has 0 fully saturated rings. The monoisotopic (exact) mass is 366 g/mol. The second-order valence-corrected chi connectivity index (χ2v) is 6.90. The summed E-state index contributed by atoms with van der Waals surface area (Å²) in [5, 5.41) is 8.70. The highest BCUT2D eigenvalue weighted by Crippen LogP contribution is 2.26. The van der Waals surface area contributed by atoms with Crippen LogP contribution in [0.15, 0.2) is 91.0 Å². The molecule has 138 valence electrons. The van der Waals surface area contributed by atoms with E-state index in [1.807, 2.05) is 60.7 Å². The number of hydrogen-bond acceptors (Lipinski definition) is 2. The lowest BCUT2D eigenvalue weighted by Gasteiger charge is -2.14. The van der Waals surface area contributed by atoms with Crippen molar-refractivity contribution in [1.29, 1.82) is 0 Å². The van der Waals surface area contributed by atoms with Gasteiger partial charge >= 0.3 is 0 Å². The Morgan fingerprint density at radius 3 is 2.25 bits per heavy atom. The molecule has 0 atom stereocenters. The van der Waals surface area contributed by atoms with E-state index in [-0.39, 0.29) is 5.91 Å². The molecule has 0 spiro atoms.